The van der Waals surface area contributed by atoms with Gasteiger partial charge < -0.3 is 19.8 Å². The van der Waals surface area contributed by atoms with Gasteiger partial charge in [0.05, 0.1) is 25.3 Å². The van der Waals surface area contributed by atoms with Crippen molar-refractivity contribution < 1.29 is 13.9 Å². The Balaban J connectivity index is 1.32. The number of oxazole rings is 1. The third kappa shape index (κ3) is 5.21. The molecule has 0 aliphatic rings. The van der Waals surface area contributed by atoms with Crippen LogP contribution in [0.3, 0.4) is 0 Å². The van der Waals surface area contributed by atoms with E-state index in [1.165, 1.54) is 10.1 Å². The molecule has 0 fully saturated rings. The van der Waals surface area contributed by atoms with Gasteiger partial charge in [-0.2, -0.15) is 0 Å². The minimum absolute atomic E-state index is 0.240. The first kappa shape index (κ1) is 18.7. The Labute approximate surface area is 156 Å². The zero-order valence-corrected chi connectivity index (χ0v) is 15.2. The predicted octanol–water partition coefficient (Wildman–Crippen LogP) is 2.42. The summed E-state index contributed by atoms with van der Waals surface area (Å²) in [6.45, 7) is 4.01. The lowest BCUT2D eigenvalue weighted by atomic mass is 10.1. The smallest absolute Gasteiger partial charge is 0.408 e. The minimum Gasteiger partial charge on any atom is -0.408 e. The Bertz CT molecular complexity index is 944. The predicted molar refractivity (Wildman–Crippen MR) is 103 cm³/mol. The van der Waals surface area contributed by atoms with Crippen LogP contribution in [0.2, 0.25) is 0 Å². The van der Waals surface area contributed by atoms with E-state index in [4.69, 9.17) is 9.15 Å². The zero-order chi connectivity index (χ0) is 19.1. The molecule has 2 amide bonds. The molecule has 0 aliphatic heterocycles. The molecule has 0 spiro atoms. The molecule has 2 aromatic carbocycles. The highest BCUT2D eigenvalue weighted by atomic mass is 16.5. The second-order valence-corrected chi connectivity index (χ2v) is 6.19. The van der Waals surface area contributed by atoms with Gasteiger partial charge in [-0.3, -0.25) is 4.57 Å². The summed E-state index contributed by atoms with van der Waals surface area (Å²) in [6.07, 6.45) is 0. The number of para-hydroxylation sites is 2. The Morgan fingerprint density at radius 2 is 1.85 bits per heavy atom. The lowest BCUT2D eigenvalue weighted by Crippen LogP contribution is -2.37. The van der Waals surface area contributed by atoms with Crippen molar-refractivity contribution in [2.45, 2.75) is 20.0 Å². The number of benzene rings is 2. The maximum Gasteiger partial charge on any atom is 0.420 e. The van der Waals surface area contributed by atoms with Crippen LogP contribution < -0.4 is 16.4 Å². The van der Waals surface area contributed by atoms with Crippen molar-refractivity contribution in [3.05, 3.63) is 70.2 Å². The van der Waals surface area contributed by atoms with E-state index < -0.39 is 5.76 Å². The number of carbonyl (C=O) groups is 1. The number of amides is 2. The van der Waals surface area contributed by atoms with Gasteiger partial charge in [0.15, 0.2) is 5.58 Å². The Morgan fingerprint density at radius 1 is 1.07 bits per heavy atom. The molecule has 1 heterocycles. The van der Waals surface area contributed by atoms with E-state index in [1.807, 2.05) is 49.4 Å². The van der Waals surface area contributed by atoms with Crippen molar-refractivity contribution in [3.8, 4) is 0 Å². The van der Waals surface area contributed by atoms with Gasteiger partial charge in [0.25, 0.3) is 0 Å². The molecule has 0 radical (unpaired) electrons. The molecule has 7 heteroatoms. The largest absolute Gasteiger partial charge is 0.420 e. The molecule has 1 aromatic heterocycles. The molecule has 0 aliphatic carbocycles. The maximum absolute atomic E-state index is 11.8. The van der Waals surface area contributed by atoms with E-state index in [9.17, 15) is 9.59 Å². The second-order valence-electron chi connectivity index (χ2n) is 6.19. The molecule has 0 unspecified atom stereocenters. The summed E-state index contributed by atoms with van der Waals surface area (Å²) in [6, 6.07) is 15.0. The van der Waals surface area contributed by atoms with Crippen molar-refractivity contribution >= 4 is 17.1 Å². The van der Waals surface area contributed by atoms with Gasteiger partial charge in [0.2, 0.25) is 0 Å². The number of ether oxygens (including phenoxy) is 1. The van der Waals surface area contributed by atoms with E-state index in [1.54, 1.807) is 6.07 Å². The SMILES string of the molecule is Cc1ccc(CNC(=O)NCCOCCn2c(=O)oc3ccccc32)cc1. The Kier molecular flexibility index (Phi) is 6.27. The summed E-state index contributed by atoms with van der Waals surface area (Å²) in [4.78, 5) is 23.6. The first-order chi connectivity index (χ1) is 13.1. The average Bonchev–Trinajstić information content (AvgIpc) is 2.99. The summed E-state index contributed by atoms with van der Waals surface area (Å²) in [7, 11) is 0. The van der Waals surface area contributed by atoms with Crippen molar-refractivity contribution in [2.75, 3.05) is 19.8 Å². The van der Waals surface area contributed by atoms with Gasteiger partial charge >= 0.3 is 11.8 Å². The minimum atomic E-state index is -0.395. The molecule has 0 saturated heterocycles. The summed E-state index contributed by atoms with van der Waals surface area (Å²) in [5.74, 6) is -0.395. The van der Waals surface area contributed by atoms with E-state index >= 15 is 0 Å². The molecule has 0 bridgehead atoms. The van der Waals surface area contributed by atoms with Crippen LogP contribution in [0.4, 0.5) is 4.79 Å². The standard InChI is InChI=1S/C20H23N3O4/c1-15-6-8-16(9-7-15)14-22-19(24)21-10-12-26-13-11-23-17-4-2-3-5-18(17)27-20(23)25/h2-9H,10-14H2,1H3,(H2,21,22,24). The molecule has 0 atom stereocenters. The number of hydrogen-bond donors (Lipinski definition) is 2. The molecule has 3 aromatic rings. The fourth-order valence-corrected chi connectivity index (χ4v) is 2.67. The van der Waals surface area contributed by atoms with Crippen LogP contribution in [0, 0.1) is 6.92 Å². The summed E-state index contributed by atoms with van der Waals surface area (Å²) < 4.78 is 12.2. The monoisotopic (exact) mass is 369 g/mol. The van der Waals surface area contributed by atoms with E-state index in [-0.39, 0.29) is 6.03 Å². The highest BCUT2D eigenvalue weighted by Crippen LogP contribution is 2.11. The van der Waals surface area contributed by atoms with E-state index in [0.29, 0.717) is 38.4 Å². The van der Waals surface area contributed by atoms with E-state index in [2.05, 4.69) is 10.6 Å². The third-order valence-corrected chi connectivity index (χ3v) is 4.14. The third-order valence-electron chi connectivity index (χ3n) is 4.14. The molecule has 2 N–H and O–H groups in total. The topological polar surface area (TPSA) is 85.5 Å². The summed E-state index contributed by atoms with van der Waals surface area (Å²) >= 11 is 0. The van der Waals surface area contributed by atoms with Gasteiger partial charge in [-0.1, -0.05) is 42.0 Å². The average molecular weight is 369 g/mol. The normalized spacial score (nSPS) is 10.9. The summed E-state index contributed by atoms with van der Waals surface area (Å²) in [5.41, 5.74) is 3.55. The van der Waals surface area contributed by atoms with Gasteiger partial charge in [0, 0.05) is 13.1 Å². The highest BCUT2D eigenvalue weighted by molar-refractivity contribution is 5.73. The lowest BCUT2D eigenvalue weighted by Gasteiger charge is -2.09. The van der Waals surface area contributed by atoms with Crippen molar-refractivity contribution in [1.82, 2.24) is 15.2 Å². The van der Waals surface area contributed by atoms with Gasteiger partial charge in [-0.15, -0.1) is 0 Å². The van der Waals surface area contributed by atoms with Crippen LogP contribution in [0.5, 0.6) is 0 Å². The molecule has 3 rings (SSSR count). The number of nitrogens with one attached hydrogen (secondary N) is 2. The number of nitrogens with zero attached hydrogens (tertiary/aromatic N) is 1. The number of urea groups is 1. The first-order valence-electron chi connectivity index (χ1n) is 8.87. The molecule has 7 nitrogen and oxygen atoms in total. The van der Waals surface area contributed by atoms with Crippen LogP contribution in [-0.2, 0) is 17.8 Å². The molecular formula is C20H23N3O4. The second kappa shape index (κ2) is 9.05. The lowest BCUT2D eigenvalue weighted by molar-refractivity contribution is 0.128. The number of rotatable bonds is 8. The van der Waals surface area contributed by atoms with Crippen LogP contribution >= 0.6 is 0 Å². The molecule has 142 valence electrons. The van der Waals surface area contributed by atoms with Crippen LogP contribution in [0.15, 0.2) is 57.7 Å². The van der Waals surface area contributed by atoms with E-state index in [0.717, 1.165) is 11.1 Å². The van der Waals surface area contributed by atoms with Gasteiger partial charge in [-0.05, 0) is 24.6 Å². The van der Waals surface area contributed by atoms with Crippen molar-refractivity contribution in [1.29, 1.82) is 0 Å². The van der Waals surface area contributed by atoms with Gasteiger partial charge in [-0.25, -0.2) is 9.59 Å². The van der Waals surface area contributed by atoms with Crippen LogP contribution in [-0.4, -0.2) is 30.4 Å². The fraction of sp³-hybridized carbons (Fsp3) is 0.300. The number of aromatic nitrogens is 1. The number of carbonyl (C=O) groups excluding carboxylic acids is 1. The highest BCUT2D eigenvalue weighted by Gasteiger charge is 2.07. The first-order valence-corrected chi connectivity index (χ1v) is 8.87. The molecular weight excluding hydrogens is 346 g/mol. The van der Waals surface area contributed by atoms with Crippen molar-refractivity contribution in [3.63, 3.8) is 0 Å². The van der Waals surface area contributed by atoms with Crippen LogP contribution in [0.25, 0.3) is 11.1 Å². The molecule has 27 heavy (non-hydrogen) atoms. The quantitative estimate of drug-likeness (QED) is 0.597. The zero-order valence-electron chi connectivity index (χ0n) is 15.2. The number of hydrogen-bond acceptors (Lipinski definition) is 4. The number of aryl methyl sites for hydroxylation is 1. The van der Waals surface area contributed by atoms with Gasteiger partial charge in [0.1, 0.15) is 0 Å². The maximum atomic E-state index is 11.8. The Morgan fingerprint density at radius 3 is 2.67 bits per heavy atom. The molecule has 0 saturated carbocycles. The Hall–Kier alpha value is -3.06. The van der Waals surface area contributed by atoms with Crippen molar-refractivity contribution in [2.24, 2.45) is 0 Å². The number of fused-ring (bicyclic) bond motifs is 1. The van der Waals surface area contributed by atoms with Crippen LogP contribution in [0.1, 0.15) is 11.1 Å². The summed E-state index contributed by atoms with van der Waals surface area (Å²) in [5, 5.41) is 5.53. The fourth-order valence-electron chi connectivity index (χ4n) is 2.67.